The number of nitrogens with zero attached hydrogens (tertiary/aromatic N) is 1. The molecule has 1 aliphatic heterocycles. The quantitative estimate of drug-likeness (QED) is 0.660. The van der Waals surface area contributed by atoms with Crippen LogP contribution in [0.5, 0.6) is 11.5 Å². The predicted molar refractivity (Wildman–Crippen MR) is 112 cm³/mol. The summed E-state index contributed by atoms with van der Waals surface area (Å²) in [7, 11) is -3.11. The van der Waals surface area contributed by atoms with Gasteiger partial charge in [-0.05, 0) is 49.6 Å². The topological polar surface area (TPSA) is 72.9 Å². The van der Waals surface area contributed by atoms with Crippen LogP contribution in [0.2, 0.25) is 0 Å². The highest BCUT2D eigenvalue weighted by molar-refractivity contribution is 7.91. The van der Waals surface area contributed by atoms with Gasteiger partial charge in [-0.3, -0.25) is 4.79 Å². The van der Waals surface area contributed by atoms with E-state index in [2.05, 4.69) is 0 Å². The minimum atomic E-state index is -3.11. The molecule has 0 aromatic heterocycles. The molecule has 6 nitrogen and oxygen atoms in total. The van der Waals surface area contributed by atoms with Crippen LogP contribution in [0.4, 0.5) is 0 Å². The van der Waals surface area contributed by atoms with Crippen molar-refractivity contribution in [3.05, 3.63) is 59.7 Å². The van der Waals surface area contributed by atoms with E-state index in [1.165, 1.54) is 0 Å². The molecule has 7 heteroatoms. The van der Waals surface area contributed by atoms with E-state index >= 15 is 0 Å². The molecule has 2 aromatic carbocycles. The lowest BCUT2D eigenvalue weighted by atomic mass is 10.1. The van der Waals surface area contributed by atoms with Crippen LogP contribution in [0.25, 0.3) is 0 Å². The average Bonchev–Trinajstić information content (AvgIpc) is 3.06. The van der Waals surface area contributed by atoms with Crippen molar-refractivity contribution < 1.29 is 22.7 Å². The third-order valence-corrected chi connectivity index (χ3v) is 6.75. The van der Waals surface area contributed by atoms with Crippen molar-refractivity contribution in [2.45, 2.75) is 32.9 Å². The van der Waals surface area contributed by atoms with Crippen LogP contribution in [0.15, 0.2) is 48.5 Å². The van der Waals surface area contributed by atoms with Crippen LogP contribution in [0.3, 0.4) is 0 Å². The second-order valence-electron chi connectivity index (χ2n) is 7.21. The number of aryl methyl sites for hydroxylation is 1. The van der Waals surface area contributed by atoms with Gasteiger partial charge < -0.3 is 14.4 Å². The minimum absolute atomic E-state index is 0.000133. The Morgan fingerprint density at radius 2 is 1.83 bits per heavy atom. The minimum Gasteiger partial charge on any atom is -0.494 e. The number of hydrogen-bond donors (Lipinski definition) is 0. The molecule has 1 atom stereocenters. The molecular weight excluding hydrogens is 390 g/mol. The molecule has 0 bridgehead atoms. The third-order valence-electron chi connectivity index (χ3n) is 5.00. The van der Waals surface area contributed by atoms with Crippen molar-refractivity contribution in [3.8, 4) is 11.5 Å². The van der Waals surface area contributed by atoms with Crippen LogP contribution in [0.1, 0.15) is 24.5 Å². The fourth-order valence-corrected chi connectivity index (χ4v) is 5.17. The molecule has 1 unspecified atom stereocenters. The van der Waals surface area contributed by atoms with Gasteiger partial charge in [0.15, 0.2) is 16.4 Å². The first-order valence-corrected chi connectivity index (χ1v) is 11.6. The maximum Gasteiger partial charge on any atom is 0.261 e. The fraction of sp³-hybridized carbons (Fsp3) is 0.409. The zero-order valence-corrected chi connectivity index (χ0v) is 17.7. The van der Waals surface area contributed by atoms with Crippen molar-refractivity contribution in [1.82, 2.24) is 4.90 Å². The molecule has 1 fully saturated rings. The first-order valence-electron chi connectivity index (χ1n) is 9.78. The van der Waals surface area contributed by atoms with E-state index in [-0.39, 0.29) is 30.1 Å². The monoisotopic (exact) mass is 417 g/mol. The lowest BCUT2D eigenvalue weighted by molar-refractivity contribution is -0.136. The number of rotatable bonds is 8. The van der Waals surface area contributed by atoms with Crippen molar-refractivity contribution in [2.75, 3.05) is 24.7 Å². The van der Waals surface area contributed by atoms with E-state index in [4.69, 9.17) is 9.47 Å². The van der Waals surface area contributed by atoms with Crippen LogP contribution >= 0.6 is 0 Å². The van der Waals surface area contributed by atoms with Crippen LogP contribution in [-0.2, 0) is 21.2 Å². The molecule has 1 heterocycles. The van der Waals surface area contributed by atoms with Gasteiger partial charge in [0.25, 0.3) is 5.91 Å². The van der Waals surface area contributed by atoms with Crippen molar-refractivity contribution in [2.24, 2.45) is 0 Å². The van der Waals surface area contributed by atoms with E-state index in [9.17, 15) is 13.2 Å². The summed E-state index contributed by atoms with van der Waals surface area (Å²) >= 11 is 0. The maximum absolute atomic E-state index is 13.0. The van der Waals surface area contributed by atoms with Gasteiger partial charge in [0.2, 0.25) is 0 Å². The summed E-state index contributed by atoms with van der Waals surface area (Å²) in [6, 6.07) is 14.7. The van der Waals surface area contributed by atoms with Gasteiger partial charge in [-0.2, -0.15) is 0 Å². The second kappa shape index (κ2) is 9.31. The summed E-state index contributed by atoms with van der Waals surface area (Å²) in [6.45, 7) is 4.63. The fourth-order valence-electron chi connectivity index (χ4n) is 3.44. The summed E-state index contributed by atoms with van der Waals surface area (Å²) in [6.07, 6.45) is 0.454. The normalized spacial score (nSPS) is 17.7. The van der Waals surface area contributed by atoms with Gasteiger partial charge in [-0.15, -0.1) is 0 Å². The Bertz CT molecular complexity index is 940. The summed E-state index contributed by atoms with van der Waals surface area (Å²) in [4.78, 5) is 14.6. The Hall–Kier alpha value is -2.54. The van der Waals surface area contributed by atoms with Crippen molar-refractivity contribution >= 4 is 15.7 Å². The molecule has 1 saturated heterocycles. The van der Waals surface area contributed by atoms with E-state index < -0.39 is 9.84 Å². The van der Waals surface area contributed by atoms with Crippen LogP contribution in [0, 0.1) is 6.92 Å². The average molecular weight is 418 g/mol. The third kappa shape index (κ3) is 5.73. The standard InChI is InChI=1S/C22H27NO5S/c1-3-27-20-10-8-18(9-11-20)14-23(19-12-13-29(25,26)16-19)22(24)15-28-21-7-5-4-6-17(21)2/h4-11,19H,3,12-16H2,1-2H3. The molecule has 0 radical (unpaired) electrons. The first kappa shape index (κ1) is 21.2. The Kier molecular flexibility index (Phi) is 6.79. The van der Waals surface area contributed by atoms with Crippen LogP contribution < -0.4 is 9.47 Å². The van der Waals surface area contributed by atoms with E-state index in [1.807, 2.05) is 62.4 Å². The van der Waals surface area contributed by atoms with Gasteiger partial charge in [-0.25, -0.2) is 8.42 Å². The Balaban J connectivity index is 1.73. The molecule has 2 aromatic rings. The van der Waals surface area contributed by atoms with Gasteiger partial charge >= 0.3 is 0 Å². The lowest BCUT2D eigenvalue weighted by Crippen LogP contribution is -2.43. The molecule has 0 N–H and O–H groups in total. The largest absolute Gasteiger partial charge is 0.494 e. The number of hydrogen-bond acceptors (Lipinski definition) is 5. The van der Waals surface area contributed by atoms with Crippen molar-refractivity contribution in [1.29, 1.82) is 0 Å². The zero-order valence-electron chi connectivity index (χ0n) is 16.8. The molecule has 1 amide bonds. The maximum atomic E-state index is 13.0. The highest BCUT2D eigenvalue weighted by atomic mass is 32.2. The molecule has 0 saturated carbocycles. The molecule has 1 aliphatic rings. The first-order chi connectivity index (χ1) is 13.9. The lowest BCUT2D eigenvalue weighted by Gasteiger charge is -2.28. The molecule has 0 aliphatic carbocycles. The number of benzene rings is 2. The molecule has 156 valence electrons. The predicted octanol–water partition coefficient (Wildman–Crippen LogP) is 2.99. The van der Waals surface area contributed by atoms with E-state index in [0.29, 0.717) is 25.3 Å². The number of carbonyl (C=O) groups excluding carboxylic acids is 1. The summed E-state index contributed by atoms with van der Waals surface area (Å²) in [5.74, 6) is 1.31. The molecular formula is C22H27NO5S. The van der Waals surface area contributed by atoms with Crippen molar-refractivity contribution in [3.63, 3.8) is 0 Å². The SMILES string of the molecule is CCOc1ccc(CN(C(=O)COc2ccccc2C)C2CCS(=O)(=O)C2)cc1. The van der Waals surface area contributed by atoms with E-state index in [1.54, 1.807) is 4.90 Å². The zero-order chi connectivity index (χ0) is 20.9. The summed E-state index contributed by atoms with van der Waals surface area (Å²) < 4.78 is 35.1. The smallest absolute Gasteiger partial charge is 0.261 e. The molecule has 0 spiro atoms. The second-order valence-corrected chi connectivity index (χ2v) is 9.44. The number of carbonyl (C=O) groups is 1. The highest BCUT2D eigenvalue weighted by Crippen LogP contribution is 2.22. The summed E-state index contributed by atoms with van der Waals surface area (Å²) in [5.41, 5.74) is 1.86. The number of para-hydroxylation sites is 1. The number of amides is 1. The number of sulfone groups is 1. The van der Waals surface area contributed by atoms with Gasteiger partial charge in [-0.1, -0.05) is 30.3 Å². The molecule has 29 heavy (non-hydrogen) atoms. The van der Waals surface area contributed by atoms with Crippen LogP contribution in [-0.4, -0.2) is 50.0 Å². The van der Waals surface area contributed by atoms with Gasteiger partial charge in [0.05, 0.1) is 18.1 Å². The molecule has 3 rings (SSSR count). The Morgan fingerprint density at radius 3 is 2.45 bits per heavy atom. The Labute approximate surface area is 172 Å². The highest BCUT2D eigenvalue weighted by Gasteiger charge is 2.34. The van der Waals surface area contributed by atoms with Gasteiger partial charge in [0.1, 0.15) is 11.5 Å². The van der Waals surface area contributed by atoms with Gasteiger partial charge in [0, 0.05) is 12.6 Å². The number of ether oxygens (including phenoxy) is 2. The Morgan fingerprint density at radius 1 is 1.10 bits per heavy atom. The summed E-state index contributed by atoms with van der Waals surface area (Å²) in [5, 5.41) is 0. The van der Waals surface area contributed by atoms with E-state index in [0.717, 1.165) is 16.9 Å².